The first-order valence-electron chi connectivity index (χ1n) is 12.9. The smallest absolute Gasteiger partial charge is 0.230 e. The fraction of sp³-hybridized carbons (Fsp3) is 0.379. The van der Waals surface area contributed by atoms with E-state index >= 15 is 0 Å². The van der Waals surface area contributed by atoms with Crippen LogP contribution in [0.2, 0.25) is 10.0 Å². The summed E-state index contributed by atoms with van der Waals surface area (Å²) in [5.74, 6) is 1.56. The van der Waals surface area contributed by atoms with Crippen molar-refractivity contribution in [2.24, 2.45) is 5.92 Å². The van der Waals surface area contributed by atoms with Crippen LogP contribution in [0.5, 0.6) is 11.5 Å². The molecule has 1 aromatic heterocycles. The fourth-order valence-corrected chi connectivity index (χ4v) is 5.94. The van der Waals surface area contributed by atoms with Crippen molar-refractivity contribution in [2.45, 2.75) is 43.9 Å². The second kappa shape index (κ2) is 13.6. The Labute approximate surface area is 248 Å². The van der Waals surface area contributed by atoms with Crippen molar-refractivity contribution in [1.82, 2.24) is 20.2 Å². The van der Waals surface area contributed by atoms with Gasteiger partial charge in [0, 0.05) is 37.5 Å². The van der Waals surface area contributed by atoms with E-state index in [0.717, 1.165) is 29.5 Å². The molecule has 40 heavy (non-hydrogen) atoms. The van der Waals surface area contributed by atoms with Crippen molar-refractivity contribution >= 4 is 46.8 Å². The zero-order valence-corrected chi connectivity index (χ0v) is 25.1. The highest BCUT2D eigenvalue weighted by Gasteiger charge is 2.37. The summed E-state index contributed by atoms with van der Waals surface area (Å²) in [6, 6.07) is 10.9. The lowest BCUT2D eigenvalue weighted by Gasteiger charge is -2.29. The van der Waals surface area contributed by atoms with Gasteiger partial charge in [-0.15, -0.1) is 0 Å². The number of carbonyl (C=O) groups is 2. The maximum atomic E-state index is 12.8. The molecular weight excluding hydrogens is 571 g/mol. The number of hydrogen-bond acceptors (Lipinski definition) is 7. The summed E-state index contributed by atoms with van der Waals surface area (Å²) in [4.78, 5) is 35.8. The summed E-state index contributed by atoms with van der Waals surface area (Å²) in [5.41, 5.74) is 2.79. The number of halogens is 2. The van der Waals surface area contributed by atoms with Gasteiger partial charge in [-0.2, -0.15) is 0 Å². The molecule has 0 saturated carbocycles. The van der Waals surface area contributed by atoms with Gasteiger partial charge in [0.05, 0.1) is 36.1 Å². The number of amides is 2. The lowest BCUT2D eigenvalue weighted by molar-refractivity contribution is -0.131. The van der Waals surface area contributed by atoms with E-state index in [4.69, 9.17) is 32.7 Å². The average Bonchev–Trinajstić information content (AvgIpc) is 3.38. The SMILES string of the molecule is COc1ccc(-c2cnc(SCC(=O)NC(C)[C@@H]3C[C@@H](Cc4ccc(Cl)c(Cl)c4)CN3C(C)=O)nc2)cc1OC. The highest BCUT2D eigenvalue weighted by molar-refractivity contribution is 7.99. The van der Waals surface area contributed by atoms with Crippen LogP contribution in [0.4, 0.5) is 0 Å². The summed E-state index contributed by atoms with van der Waals surface area (Å²) in [6.07, 6.45) is 5.00. The average molecular weight is 604 g/mol. The van der Waals surface area contributed by atoms with Crippen molar-refractivity contribution in [1.29, 1.82) is 0 Å². The van der Waals surface area contributed by atoms with Crippen LogP contribution >= 0.6 is 35.0 Å². The molecule has 1 N–H and O–H groups in total. The predicted molar refractivity (Wildman–Crippen MR) is 158 cm³/mol. The number of thioether (sulfide) groups is 1. The summed E-state index contributed by atoms with van der Waals surface area (Å²) in [5, 5.41) is 4.61. The third-order valence-corrected chi connectivity index (χ3v) is 8.60. The van der Waals surface area contributed by atoms with E-state index in [1.807, 2.05) is 42.2 Å². The van der Waals surface area contributed by atoms with E-state index in [1.165, 1.54) is 11.8 Å². The second-order valence-corrected chi connectivity index (χ2v) is 11.5. The molecule has 3 atom stereocenters. The van der Waals surface area contributed by atoms with Crippen molar-refractivity contribution in [3.63, 3.8) is 0 Å². The van der Waals surface area contributed by atoms with Gasteiger partial charge >= 0.3 is 0 Å². The Morgan fingerprint density at radius 3 is 2.42 bits per heavy atom. The van der Waals surface area contributed by atoms with Crippen molar-refractivity contribution in [2.75, 3.05) is 26.5 Å². The van der Waals surface area contributed by atoms with Crippen LogP contribution in [0.1, 0.15) is 25.8 Å². The molecule has 1 aliphatic rings. The zero-order chi connectivity index (χ0) is 28.8. The van der Waals surface area contributed by atoms with Gasteiger partial charge < -0.3 is 19.7 Å². The largest absolute Gasteiger partial charge is 0.493 e. The molecule has 2 heterocycles. The first-order chi connectivity index (χ1) is 19.2. The molecule has 2 aromatic carbocycles. The molecule has 2 amide bonds. The van der Waals surface area contributed by atoms with Crippen LogP contribution in [0.3, 0.4) is 0 Å². The molecule has 0 bridgehead atoms. The number of likely N-dealkylation sites (tertiary alicyclic amines) is 1. The third kappa shape index (κ3) is 7.38. The fourth-order valence-electron chi connectivity index (χ4n) is 5.02. The molecule has 0 radical (unpaired) electrons. The Bertz CT molecular complexity index is 1360. The van der Waals surface area contributed by atoms with Gasteiger partial charge in [-0.25, -0.2) is 9.97 Å². The molecule has 0 aliphatic carbocycles. The Hall–Kier alpha value is -3.01. The second-order valence-electron chi connectivity index (χ2n) is 9.76. The van der Waals surface area contributed by atoms with Gasteiger partial charge in [-0.1, -0.05) is 47.1 Å². The number of methoxy groups -OCH3 is 2. The molecule has 1 saturated heterocycles. The van der Waals surface area contributed by atoms with E-state index in [2.05, 4.69) is 15.3 Å². The van der Waals surface area contributed by atoms with Gasteiger partial charge in [0.2, 0.25) is 11.8 Å². The molecule has 1 fully saturated rings. The van der Waals surface area contributed by atoms with E-state index in [-0.39, 0.29) is 35.6 Å². The maximum absolute atomic E-state index is 12.8. The molecule has 8 nitrogen and oxygen atoms in total. The van der Waals surface area contributed by atoms with Gasteiger partial charge in [0.1, 0.15) is 0 Å². The Morgan fingerprint density at radius 2 is 1.77 bits per heavy atom. The first-order valence-corrected chi connectivity index (χ1v) is 14.6. The number of nitrogens with zero attached hydrogens (tertiary/aromatic N) is 3. The number of carbonyl (C=O) groups excluding carboxylic acids is 2. The third-order valence-electron chi connectivity index (χ3n) is 6.99. The minimum atomic E-state index is -0.204. The molecule has 0 spiro atoms. The minimum Gasteiger partial charge on any atom is -0.493 e. The Kier molecular flexibility index (Phi) is 10.2. The molecular formula is C29H32Cl2N4O4S. The van der Waals surface area contributed by atoms with Crippen molar-refractivity contribution < 1.29 is 19.1 Å². The number of nitrogens with one attached hydrogen (secondary N) is 1. The summed E-state index contributed by atoms with van der Waals surface area (Å²) in [7, 11) is 3.18. The molecule has 11 heteroatoms. The highest BCUT2D eigenvalue weighted by Crippen LogP contribution is 2.33. The van der Waals surface area contributed by atoms with Crippen LogP contribution in [-0.4, -0.2) is 65.3 Å². The summed E-state index contributed by atoms with van der Waals surface area (Å²) < 4.78 is 10.7. The van der Waals surface area contributed by atoms with Gasteiger partial charge in [-0.3, -0.25) is 9.59 Å². The number of rotatable bonds is 10. The number of benzene rings is 2. The standard InChI is InChI=1S/C29H32Cl2N4O4S/c1-17(25-11-20(15-35(25)18(2)36)9-19-5-7-23(30)24(31)10-19)34-28(37)16-40-29-32-13-22(14-33-29)21-6-8-26(38-3)27(12-21)39-4/h5-8,10,12-14,17,20,25H,9,11,15-16H2,1-4H3,(H,34,37)/t17?,20-,25+/m1/s1. The Morgan fingerprint density at radius 1 is 1.05 bits per heavy atom. The van der Waals surface area contributed by atoms with Crippen molar-refractivity contribution in [3.8, 4) is 22.6 Å². The lowest BCUT2D eigenvalue weighted by atomic mass is 9.95. The van der Waals surface area contributed by atoms with Crippen LogP contribution in [0.15, 0.2) is 53.9 Å². The molecule has 1 aliphatic heterocycles. The molecule has 1 unspecified atom stereocenters. The highest BCUT2D eigenvalue weighted by atomic mass is 35.5. The van der Waals surface area contributed by atoms with Crippen LogP contribution in [0.25, 0.3) is 11.1 Å². The number of ether oxygens (including phenoxy) is 2. The number of hydrogen-bond donors (Lipinski definition) is 1. The quantitative estimate of drug-likeness (QED) is 0.240. The number of aromatic nitrogens is 2. The van der Waals surface area contributed by atoms with Crippen LogP contribution in [0, 0.1) is 5.92 Å². The summed E-state index contributed by atoms with van der Waals surface area (Å²) in [6.45, 7) is 4.15. The van der Waals surface area contributed by atoms with E-state index in [9.17, 15) is 9.59 Å². The minimum absolute atomic E-state index is 0.0000761. The van der Waals surface area contributed by atoms with E-state index in [0.29, 0.717) is 33.2 Å². The zero-order valence-electron chi connectivity index (χ0n) is 22.8. The summed E-state index contributed by atoms with van der Waals surface area (Å²) >= 11 is 13.5. The van der Waals surface area contributed by atoms with Gasteiger partial charge in [-0.05, 0) is 61.1 Å². The molecule has 3 aromatic rings. The first kappa shape index (κ1) is 30.0. The van der Waals surface area contributed by atoms with Crippen LogP contribution in [-0.2, 0) is 16.0 Å². The monoisotopic (exact) mass is 602 g/mol. The van der Waals surface area contributed by atoms with E-state index < -0.39 is 0 Å². The van der Waals surface area contributed by atoms with Crippen molar-refractivity contribution in [3.05, 3.63) is 64.4 Å². The maximum Gasteiger partial charge on any atom is 0.230 e. The predicted octanol–water partition coefficient (Wildman–Crippen LogP) is 5.54. The lowest BCUT2D eigenvalue weighted by Crippen LogP contribution is -2.49. The Balaban J connectivity index is 1.31. The molecule has 4 rings (SSSR count). The molecule has 212 valence electrons. The van der Waals surface area contributed by atoms with Gasteiger partial charge in [0.15, 0.2) is 16.7 Å². The normalized spacial score (nSPS) is 17.4. The van der Waals surface area contributed by atoms with E-state index in [1.54, 1.807) is 39.6 Å². The van der Waals surface area contributed by atoms with Crippen LogP contribution < -0.4 is 14.8 Å². The topological polar surface area (TPSA) is 93.7 Å². The van der Waals surface area contributed by atoms with Gasteiger partial charge in [0.25, 0.3) is 0 Å².